The van der Waals surface area contributed by atoms with Crippen molar-refractivity contribution in [2.75, 3.05) is 6.54 Å². The maximum absolute atomic E-state index is 12.9. The highest BCUT2D eigenvalue weighted by atomic mass is 19.3. The number of rotatable bonds is 6. The van der Waals surface area contributed by atoms with Gasteiger partial charge in [0.25, 0.3) is 5.91 Å². The second kappa shape index (κ2) is 7.73. The van der Waals surface area contributed by atoms with Gasteiger partial charge in [0, 0.05) is 36.7 Å². The Hall–Kier alpha value is -2.96. The van der Waals surface area contributed by atoms with Crippen molar-refractivity contribution >= 4 is 5.91 Å². The van der Waals surface area contributed by atoms with Crippen molar-refractivity contribution in [2.24, 2.45) is 0 Å². The zero-order chi connectivity index (χ0) is 19.6. The zero-order valence-corrected chi connectivity index (χ0v) is 15.5. The van der Waals surface area contributed by atoms with Gasteiger partial charge in [0.15, 0.2) is 0 Å². The number of nitrogens with zero attached hydrogens (tertiary/aromatic N) is 3. The van der Waals surface area contributed by atoms with Gasteiger partial charge in [0.05, 0.1) is 11.3 Å². The molecule has 0 aliphatic heterocycles. The molecular weight excluding hydrogens is 350 g/mol. The van der Waals surface area contributed by atoms with E-state index in [0.717, 1.165) is 27.2 Å². The number of aromatic nitrogens is 3. The van der Waals surface area contributed by atoms with E-state index in [1.165, 1.54) is 12.4 Å². The summed E-state index contributed by atoms with van der Waals surface area (Å²) in [6.45, 7) is 3.48. The normalized spacial score (nSPS) is 11.2. The van der Waals surface area contributed by atoms with Crippen LogP contribution in [0.2, 0.25) is 0 Å². The lowest BCUT2D eigenvalue weighted by molar-refractivity contribution is 0.0670. The Bertz CT molecular complexity index is 939. The average Bonchev–Trinajstić information content (AvgIpc) is 3.22. The molecule has 1 amide bonds. The molecule has 0 atom stereocenters. The molecule has 3 aromatic rings. The topological polar surface area (TPSA) is 51.9 Å². The Kier molecular flexibility index (Phi) is 5.39. The number of carbonyl (C=O) groups is 1. The number of alkyl halides is 2. The first kappa shape index (κ1) is 18.8. The summed E-state index contributed by atoms with van der Waals surface area (Å²) in [4.78, 5) is 16.7. The van der Waals surface area contributed by atoms with Gasteiger partial charge in [-0.2, -0.15) is 8.78 Å². The molecule has 1 N–H and O–H groups in total. The lowest BCUT2D eigenvalue weighted by Gasteiger charge is -2.15. The Morgan fingerprint density at radius 3 is 2.52 bits per heavy atom. The molecule has 0 bridgehead atoms. The predicted molar refractivity (Wildman–Crippen MR) is 99.5 cm³/mol. The maximum Gasteiger partial charge on any atom is 0.319 e. The van der Waals surface area contributed by atoms with Crippen LogP contribution in [0.1, 0.15) is 39.7 Å². The highest BCUT2D eigenvalue weighted by Crippen LogP contribution is 2.22. The zero-order valence-electron chi connectivity index (χ0n) is 15.5. The predicted octanol–water partition coefficient (Wildman–Crippen LogP) is 3.97. The summed E-state index contributed by atoms with van der Waals surface area (Å²) < 4.78 is 28.6. The van der Waals surface area contributed by atoms with Crippen molar-refractivity contribution in [3.8, 4) is 5.69 Å². The summed E-state index contributed by atoms with van der Waals surface area (Å²) in [6.07, 6.45) is 2.80. The van der Waals surface area contributed by atoms with E-state index in [-0.39, 0.29) is 24.7 Å². The highest BCUT2D eigenvalue weighted by molar-refractivity contribution is 5.98. The molecule has 1 aromatic carbocycles. The molecule has 5 nitrogen and oxygen atoms in total. The first-order chi connectivity index (χ1) is 12.9. The third-order valence-electron chi connectivity index (χ3n) is 4.50. The van der Waals surface area contributed by atoms with Crippen molar-refractivity contribution in [3.05, 3.63) is 71.1 Å². The van der Waals surface area contributed by atoms with Crippen LogP contribution in [0.5, 0.6) is 0 Å². The molecule has 0 unspecified atom stereocenters. The molecule has 2 heterocycles. The highest BCUT2D eigenvalue weighted by Gasteiger charge is 2.16. The van der Waals surface area contributed by atoms with Crippen molar-refractivity contribution in [1.82, 2.24) is 19.4 Å². The van der Waals surface area contributed by atoms with Crippen LogP contribution in [0, 0.1) is 20.8 Å². The second-order valence-electron chi connectivity index (χ2n) is 6.51. The average molecular weight is 372 g/mol. The molecule has 142 valence electrons. The number of carbonyl (C=O) groups excluding carboxylic acids is 1. The molecule has 3 rings (SSSR count). The number of hydrogen-bond acceptors (Lipinski definition) is 2. The van der Waals surface area contributed by atoms with E-state index >= 15 is 0 Å². The summed E-state index contributed by atoms with van der Waals surface area (Å²) in [5.41, 5.74) is 4.38. The molecule has 0 fully saturated rings. The Morgan fingerprint density at radius 2 is 1.85 bits per heavy atom. The van der Waals surface area contributed by atoms with E-state index in [1.54, 1.807) is 0 Å². The van der Waals surface area contributed by atoms with Gasteiger partial charge in [-0.1, -0.05) is 11.6 Å². The lowest BCUT2D eigenvalue weighted by Crippen LogP contribution is -2.28. The van der Waals surface area contributed by atoms with Crippen LogP contribution in [0.15, 0.2) is 42.7 Å². The minimum atomic E-state index is -2.64. The van der Waals surface area contributed by atoms with Gasteiger partial charge >= 0.3 is 6.55 Å². The van der Waals surface area contributed by atoms with E-state index < -0.39 is 6.55 Å². The largest absolute Gasteiger partial charge is 0.352 e. The third kappa shape index (κ3) is 3.92. The number of aryl methyl sites for hydroxylation is 3. The molecule has 0 aliphatic carbocycles. The van der Waals surface area contributed by atoms with E-state index in [2.05, 4.69) is 10.3 Å². The fourth-order valence-corrected chi connectivity index (χ4v) is 3.17. The standard InChI is InChI=1S/C20H22F2N4O/c1-13-4-7-17(26-14(2)5-6-15(26)3)16(12-13)19(27)24-9-8-18-23-10-11-25(18)20(21)22/h4-7,10-12,20H,8-9H2,1-3H3,(H,24,27). The SMILES string of the molecule is Cc1ccc(-n2c(C)ccc2C)c(C(=O)NCCc2nccn2C(F)F)c1. The monoisotopic (exact) mass is 372 g/mol. The van der Waals surface area contributed by atoms with E-state index in [4.69, 9.17) is 0 Å². The van der Waals surface area contributed by atoms with Gasteiger partial charge in [-0.3, -0.25) is 9.36 Å². The maximum atomic E-state index is 12.9. The molecule has 0 saturated carbocycles. The fraction of sp³-hybridized carbons (Fsp3) is 0.300. The van der Waals surface area contributed by atoms with Crippen LogP contribution < -0.4 is 5.32 Å². The van der Waals surface area contributed by atoms with E-state index in [1.807, 2.05) is 55.7 Å². The number of amides is 1. The summed E-state index contributed by atoms with van der Waals surface area (Å²) in [5.74, 6) is 0.00298. The Labute approximate surface area is 156 Å². The van der Waals surface area contributed by atoms with Crippen molar-refractivity contribution in [1.29, 1.82) is 0 Å². The summed E-state index contributed by atoms with van der Waals surface area (Å²) >= 11 is 0. The van der Waals surface area contributed by atoms with Gasteiger partial charge in [0.1, 0.15) is 5.82 Å². The summed E-state index contributed by atoms with van der Waals surface area (Å²) in [7, 11) is 0. The van der Waals surface area contributed by atoms with Crippen molar-refractivity contribution in [2.45, 2.75) is 33.7 Å². The minimum absolute atomic E-state index is 0.222. The Balaban J connectivity index is 1.79. The number of benzene rings is 1. The fourth-order valence-electron chi connectivity index (χ4n) is 3.17. The van der Waals surface area contributed by atoms with Gasteiger partial charge < -0.3 is 9.88 Å². The molecular formula is C20H22F2N4O. The molecule has 2 aromatic heterocycles. The minimum Gasteiger partial charge on any atom is -0.352 e. The number of nitrogens with one attached hydrogen (secondary N) is 1. The first-order valence-electron chi connectivity index (χ1n) is 8.72. The van der Waals surface area contributed by atoms with Gasteiger partial charge in [-0.15, -0.1) is 0 Å². The molecule has 0 aliphatic rings. The van der Waals surface area contributed by atoms with E-state index in [9.17, 15) is 13.6 Å². The van der Waals surface area contributed by atoms with Crippen molar-refractivity contribution < 1.29 is 13.6 Å². The second-order valence-corrected chi connectivity index (χ2v) is 6.51. The summed E-state index contributed by atoms with van der Waals surface area (Å²) in [5, 5.41) is 2.82. The van der Waals surface area contributed by atoms with Crippen LogP contribution in [-0.2, 0) is 6.42 Å². The first-order valence-corrected chi connectivity index (χ1v) is 8.72. The van der Waals surface area contributed by atoms with E-state index in [0.29, 0.717) is 5.56 Å². The molecule has 27 heavy (non-hydrogen) atoms. The quantitative estimate of drug-likeness (QED) is 0.712. The van der Waals surface area contributed by atoms with Crippen LogP contribution in [-0.4, -0.2) is 26.6 Å². The number of imidazole rings is 1. The molecule has 0 radical (unpaired) electrons. The molecule has 0 saturated heterocycles. The van der Waals surface area contributed by atoms with Crippen LogP contribution in [0.25, 0.3) is 5.69 Å². The molecule has 0 spiro atoms. The van der Waals surface area contributed by atoms with Gasteiger partial charge in [-0.05, 0) is 45.0 Å². The smallest absolute Gasteiger partial charge is 0.319 e. The van der Waals surface area contributed by atoms with Gasteiger partial charge in [-0.25, -0.2) is 4.98 Å². The van der Waals surface area contributed by atoms with Crippen molar-refractivity contribution in [3.63, 3.8) is 0 Å². The Morgan fingerprint density at radius 1 is 1.15 bits per heavy atom. The van der Waals surface area contributed by atoms with Crippen LogP contribution >= 0.6 is 0 Å². The van der Waals surface area contributed by atoms with Crippen LogP contribution in [0.3, 0.4) is 0 Å². The lowest BCUT2D eigenvalue weighted by atomic mass is 10.1. The molecule has 7 heteroatoms. The third-order valence-corrected chi connectivity index (χ3v) is 4.50. The number of hydrogen-bond donors (Lipinski definition) is 1. The van der Waals surface area contributed by atoms with Crippen LogP contribution in [0.4, 0.5) is 8.78 Å². The summed E-state index contributed by atoms with van der Waals surface area (Å²) in [6, 6.07) is 9.73. The van der Waals surface area contributed by atoms with Gasteiger partial charge in [0.2, 0.25) is 0 Å². The number of halogens is 2.